The number of ether oxygens (including phenoxy) is 4. The summed E-state index contributed by atoms with van der Waals surface area (Å²) in [5.74, 6) is -0.645. The molecule has 6 rings (SSSR count). The van der Waals surface area contributed by atoms with E-state index in [2.05, 4.69) is 46.6 Å². The average molecular weight is 1300 g/mol. The van der Waals surface area contributed by atoms with E-state index < -0.39 is 23.6 Å². The van der Waals surface area contributed by atoms with Crippen molar-refractivity contribution in [3.63, 3.8) is 0 Å². The van der Waals surface area contributed by atoms with Crippen molar-refractivity contribution in [3.8, 4) is 17.8 Å². The summed E-state index contributed by atoms with van der Waals surface area (Å²) >= 11 is 11.8. The Balaban J connectivity index is 0.000000372. The van der Waals surface area contributed by atoms with E-state index in [0.717, 1.165) is 57.8 Å². The van der Waals surface area contributed by atoms with Crippen LogP contribution in [0.3, 0.4) is 0 Å². The van der Waals surface area contributed by atoms with E-state index in [1.54, 1.807) is 123 Å². The molecule has 0 radical (unpaired) electrons. The Morgan fingerprint density at radius 3 is 1.26 bits per heavy atom. The number of carbonyl (C=O) groups is 6. The van der Waals surface area contributed by atoms with Gasteiger partial charge in [0.1, 0.15) is 34.8 Å². The van der Waals surface area contributed by atoms with E-state index in [-0.39, 0.29) is 70.7 Å². The summed E-state index contributed by atoms with van der Waals surface area (Å²) in [6, 6.07) is 28.5. The zero-order chi connectivity index (χ0) is 67.4. The van der Waals surface area contributed by atoms with E-state index in [1.165, 1.54) is 57.1 Å². The van der Waals surface area contributed by atoms with Crippen LogP contribution in [0.25, 0.3) is 0 Å². The van der Waals surface area contributed by atoms with Crippen LogP contribution in [0.4, 0.5) is 23.0 Å². The van der Waals surface area contributed by atoms with Gasteiger partial charge in [0.15, 0.2) is 19.1 Å². The summed E-state index contributed by atoms with van der Waals surface area (Å²) in [5.41, 5.74) is 8.12. The normalized spacial score (nSPS) is 10.2. The van der Waals surface area contributed by atoms with Gasteiger partial charge in [0.25, 0.3) is 41.7 Å². The highest BCUT2D eigenvalue weighted by Gasteiger charge is 2.20. The van der Waals surface area contributed by atoms with Crippen molar-refractivity contribution in [2.75, 3.05) is 96.5 Å². The van der Waals surface area contributed by atoms with Crippen molar-refractivity contribution >= 4 is 99.2 Å². The summed E-state index contributed by atoms with van der Waals surface area (Å²) < 4.78 is 20.0. The number of nitrogens with zero attached hydrogens (tertiary/aromatic N) is 5. The molecule has 488 valence electrons. The Hall–Kier alpha value is -10.2. The van der Waals surface area contributed by atoms with Crippen molar-refractivity contribution in [3.05, 3.63) is 165 Å². The van der Waals surface area contributed by atoms with Crippen molar-refractivity contribution < 1.29 is 47.7 Å². The summed E-state index contributed by atoms with van der Waals surface area (Å²) in [5, 5.41) is 48.5. The van der Waals surface area contributed by atoms with Gasteiger partial charge in [0, 0.05) is 82.3 Å². The number of benzene rings is 4. The molecule has 2 heterocycles. The van der Waals surface area contributed by atoms with Crippen LogP contribution in [0, 0.1) is 27.7 Å². The minimum Gasteiger partial charge on any atom is -0.484 e. The fourth-order valence-corrected chi connectivity index (χ4v) is 8.30. The first-order chi connectivity index (χ1) is 44.2. The fourth-order valence-electron chi connectivity index (χ4n) is 8.07. The molecule has 0 saturated carbocycles. The second kappa shape index (κ2) is 40.5. The van der Waals surface area contributed by atoms with E-state index >= 15 is 0 Å². The van der Waals surface area contributed by atoms with E-state index in [0.29, 0.717) is 75.9 Å². The molecule has 0 atom stereocenters. The molecule has 6 amide bonds. The smallest absolute Gasteiger partial charge is 0.286 e. The number of hydrogen-bond donors (Lipinski definition) is 10. The second-order valence-electron chi connectivity index (χ2n) is 20.5. The minimum atomic E-state index is -0.561. The Bertz CT molecular complexity index is 3460. The van der Waals surface area contributed by atoms with Gasteiger partial charge >= 0.3 is 0 Å². The minimum absolute atomic E-state index is 0.0923. The van der Waals surface area contributed by atoms with Crippen LogP contribution in [0.2, 0.25) is 10.0 Å². The first-order valence-electron chi connectivity index (χ1n) is 29.2. The highest BCUT2D eigenvalue weighted by Crippen LogP contribution is 2.27. The molecule has 0 unspecified atom stereocenters. The van der Waals surface area contributed by atoms with Gasteiger partial charge in [0.2, 0.25) is 0 Å². The zero-order valence-electron chi connectivity index (χ0n) is 52.3. The van der Waals surface area contributed by atoms with Crippen LogP contribution in [0.5, 0.6) is 11.5 Å². The van der Waals surface area contributed by atoms with Crippen LogP contribution in [-0.2, 0) is 19.1 Å². The molecule has 92 heavy (non-hydrogen) atoms. The second-order valence-corrected chi connectivity index (χ2v) is 21.4. The van der Waals surface area contributed by atoms with Gasteiger partial charge in [-0.2, -0.15) is 5.26 Å². The number of unbranched alkanes of at least 4 members (excludes halogenated alkanes) is 7. The average Bonchev–Trinajstić information content (AvgIpc) is 0.925. The third kappa shape index (κ3) is 26.9. The number of rotatable bonds is 30. The summed E-state index contributed by atoms with van der Waals surface area (Å²) in [6.45, 7) is 1.23. The van der Waals surface area contributed by atoms with Gasteiger partial charge in [0.05, 0.1) is 46.8 Å². The van der Waals surface area contributed by atoms with Crippen LogP contribution >= 0.6 is 23.2 Å². The quantitative estimate of drug-likeness (QED) is 0.00867. The maximum atomic E-state index is 13.3. The topological polar surface area (TPSA) is 365 Å². The van der Waals surface area contributed by atoms with Gasteiger partial charge in [-0.25, -0.2) is 9.97 Å². The molecule has 25 nitrogen and oxygen atoms in total. The maximum Gasteiger partial charge on any atom is 0.286 e. The number of pyridine rings is 2. The summed E-state index contributed by atoms with van der Waals surface area (Å²) in [7, 11) is 9.88. The standard InChI is InChI=1S/C33H40ClN7O5.C30H36ClN7O4.C2H3NO/c1-41(2)31(36)22-10-12-23(13-11-22)32(43)39-27-16-15-25(19-26(27)33(44)40-29-17-14-24(34)20-38-29)46-21-30(42)37-18-8-6-4-5-7-9-28(35)45-3;1-38(2)28(33)20-7-9-21(10-8-20)29(40)36-25-13-12-23(42-19-27(39)34-16-6-4-3-5-15-32)17-24(25)30(41)37-26-14-11-22(31)18-35-26;1-4-2-3/h10-17,19-20,35-36H,4-9,18,21H2,1-3H3,(H,37,42)(H,39,43)(H,38,40,44);7-14,17-18,33H,3-6,15-16,19,32H2,1-2H3,(H,34,39)(H,36,40)(H,35,37,41);1H3. The van der Waals surface area contributed by atoms with Gasteiger partial charge in [-0.1, -0.05) is 79.6 Å². The summed E-state index contributed by atoms with van der Waals surface area (Å²) in [4.78, 5) is 88.8. The van der Waals surface area contributed by atoms with E-state index in [4.69, 9.17) is 64.6 Å². The molecular formula is C65H79Cl2N15O10. The molecule has 0 fully saturated rings. The molecular weight excluding hydrogens is 1220 g/mol. The van der Waals surface area contributed by atoms with Gasteiger partial charge in [-0.3, -0.25) is 45.0 Å². The lowest BCUT2D eigenvalue weighted by Gasteiger charge is -2.15. The van der Waals surface area contributed by atoms with Crippen molar-refractivity contribution in [1.29, 1.82) is 21.5 Å². The predicted octanol–water partition coefficient (Wildman–Crippen LogP) is 9.84. The van der Waals surface area contributed by atoms with Crippen molar-refractivity contribution in [2.45, 2.75) is 64.2 Å². The number of aromatic nitrogens is 2. The molecule has 0 saturated heterocycles. The lowest BCUT2D eigenvalue weighted by atomic mass is 10.1. The van der Waals surface area contributed by atoms with Crippen LogP contribution in [0.1, 0.15) is 117 Å². The van der Waals surface area contributed by atoms with Crippen LogP contribution in [0.15, 0.2) is 122 Å². The molecule has 0 spiro atoms. The monoisotopic (exact) mass is 1300 g/mol. The molecule has 6 aromatic rings. The third-order valence-electron chi connectivity index (χ3n) is 13.1. The van der Waals surface area contributed by atoms with Gasteiger partial charge < -0.3 is 66.4 Å². The number of nitrogens with one attached hydrogen (secondary N) is 9. The number of amidine groups is 2. The number of hydrogen-bond acceptors (Lipinski definition) is 17. The number of amides is 6. The van der Waals surface area contributed by atoms with Crippen molar-refractivity contribution in [1.82, 2.24) is 30.4 Å². The number of carbonyl (C=O) groups excluding carboxylic acids is 6. The highest BCUT2D eigenvalue weighted by molar-refractivity contribution is 6.30. The molecule has 27 heteroatoms. The lowest BCUT2D eigenvalue weighted by molar-refractivity contribution is -0.123. The number of halogens is 2. The highest BCUT2D eigenvalue weighted by atomic mass is 35.5. The Labute approximate surface area is 545 Å². The first kappa shape index (κ1) is 74.3. The Morgan fingerprint density at radius 1 is 0.522 bits per heavy atom. The fraction of sp³-hybridized carbons (Fsp3) is 0.323. The van der Waals surface area contributed by atoms with Gasteiger partial charge in [-0.15, -0.1) is 0 Å². The van der Waals surface area contributed by atoms with Crippen molar-refractivity contribution in [2.24, 2.45) is 5.73 Å². The van der Waals surface area contributed by atoms with Crippen LogP contribution in [-0.4, -0.2) is 148 Å². The van der Waals surface area contributed by atoms with Gasteiger partial charge in [-0.05, 0) is 117 Å². The van der Waals surface area contributed by atoms with E-state index in [9.17, 15) is 28.8 Å². The number of nitriles is 1. The molecule has 0 bridgehead atoms. The molecule has 11 N–H and O–H groups in total. The first-order valence-corrected chi connectivity index (χ1v) is 29.9. The molecule has 4 aromatic carbocycles. The number of anilines is 4. The molecule has 0 aliphatic carbocycles. The predicted molar refractivity (Wildman–Crippen MR) is 357 cm³/mol. The lowest BCUT2D eigenvalue weighted by Crippen LogP contribution is -2.29. The SMILES string of the molecule is CN(C)C(=N)c1ccc(C(=O)Nc2ccc(OCC(=O)NCCCCCCN)cc2C(=O)Nc2ccc(Cl)cn2)cc1.COC#N.COC(=N)CCCCCCCNC(=O)COc1ccc(NC(=O)c2ccc(C(=N)N(C)C)cc2)c(C(=O)Nc2ccc(Cl)cn2)c1. The molecule has 0 aliphatic rings. The maximum absolute atomic E-state index is 13.3. The largest absolute Gasteiger partial charge is 0.484 e. The Kier molecular flexibility index (Phi) is 32.7. The number of nitrogens with two attached hydrogens (primary N) is 1. The summed E-state index contributed by atoms with van der Waals surface area (Å²) in [6.07, 6.45) is 13.4. The molecule has 0 aliphatic heterocycles. The number of methoxy groups -OCH3 is 2. The third-order valence-corrected chi connectivity index (χ3v) is 13.5. The molecule has 2 aromatic heterocycles. The Morgan fingerprint density at radius 2 is 0.902 bits per heavy atom. The van der Waals surface area contributed by atoms with E-state index in [1.807, 2.05) is 0 Å². The zero-order valence-corrected chi connectivity index (χ0v) is 53.8. The van der Waals surface area contributed by atoms with Crippen LogP contribution < -0.4 is 47.1 Å².